The lowest BCUT2D eigenvalue weighted by molar-refractivity contribution is -0.143. The molecule has 1 fully saturated rings. The van der Waals surface area contributed by atoms with Gasteiger partial charge in [-0.25, -0.2) is 9.18 Å². The Bertz CT molecular complexity index is 1180. The number of tetrazole rings is 1. The van der Waals surface area contributed by atoms with Crippen LogP contribution >= 0.6 is 11.6 Å². The van der Waals surface area contributed by atoms with Crippen molar-refractivity contribution >= 4 is 17.6 Å². The second kappa shape index (κ2) is 5.96. The molecule has 1 aliphatic heterocycles. The van der Waals surface area contributed by atoms with E-state index >= 15 is 0 Å². The van der Waals surface area contributed by atoms with Crippen LogP contribution in [0.25, 0.3) is 16.8 Å². The van der Waals surface area contributed by atoms with Crippen molar-refractivity contribution in [3.63, 3.8) is 0 Å². The van der Waals surface area contributed by atoms with E-state index < -0.39 is 23.4 Å². The maximum atomic E-state index is 15.0. The summed E-state index contributed by atoms with van der Waals surface area (Å²) in [7, 11) is 0. The van der Waals surface area contributed by atoms with Gasteiger partial charge in [-0.1, -0.05) is 11.6 Å². The summed E-state index contributed by atoms with van der Waals surface area (Å²) in [6.45, 7) is 0. The zero-order chi connectivity index (χ0) is 19.6. The molecule has 2 aliphatic rings. The Morgan fingerprint density at radius 2 is 2.11 bits per heavy atom. The summed E-state index contributed by atoms with van der Waals surface area (Å²) in [4.78, 5) is 24.5. The normalized spacial score (nSPS) is 22.4. The highest BCUT2D eigenvalue weighted by Gasteiger charge is 2.50. The average molecular weight is 402 g/mol. The van der Waals surface area contributed by atoms with Crippen LogP contribution in [-0.2, 0) is 4.79 Å². The fourth-order valence-corrected chi connectivity index (χ4v) is 4.52. The molecule has 1 N–H and O–H groups in total. The van der Waals surface area contributed by atoms with Crippen LogP contribution in [0.1, 0.15) is 30.5 Å². The van der Waals surface area contributed by atoms with Gasteiger partial charge in [0, 0.05) is 23.2 Å². The summed E-state index contributed by atoms with van der Waals surface area (Å²) in [5, 5.41) is 20.4. The molecule has 0 saturated heterocycles. The number of carboxylic acids is 1. The first-order valence-electron chi connectivity index (χ1n) is 8.68. The molecule has 2 aromatic heterocycles. The fraction of sp³-hybridized carbons (Fsp3) is 0.278. The van der Waals surface area contributed by atoms with Crippen molar-refractivity contribution < 1.29 is 14.3 Å². The first-order valence-corrected chi connectivity index (χ1v) is 9.06. The van der Waals surface area contributed by atoms with Crippen LogP contribution in [0.5, 0.6) is 0 Å². The molecule has 3 aromatic rings. The zero-order valence-electron chi connectivity index (χ0n) is 14.3. The van der Waals surface area contributed by atoms with E-state index in [0.717, 1.165) is 12.8 Å². The van der Waals surface area contributed by atoms with Gasteiger partial charge in [0.25, 0.3) is 5.56 Å². The monoisotopic (exact) mass is 401 g/mol. The van der Waals surface area contributed by atoms with Gasteiger partial charge in [0.05, 0.1) is 10.7 Å². The number of benzene rings is 1. The van der Waals surface area contributed by atoms with Crippen molar-refractivity contribution in [1.29, 1.82) is 0 Å². The molecule has 1 saturated carbocycles. The van der Waals surface area contributed by atoms with Gasteiger partial charge in [-0.15, -0.1) is 5.10 Å². The average Bonchev–Trinajstić information content (AvgIpc) is 3.22. The number of pyridine rings is 1. The van der Waals surface area contributed by atoms with E-state index in [1.807, 2.05) is 0 Å². The molecule has 5 rings (SSSR count). The lowest BCUT2D eigenvalue weighted by Crippen LogP contribution is -2.32. The number of hydrogen-bond donors (Lipinski definition) is 1. The Kier molecular flexibility index (Phi) is 3.63. The van der Waals surface area contributed by atoms with Gasteiger partial charge in [-0.3, -0.25) is 9.36 Å². The van der Waals surface area contributed by atoms with Crippen molar-refractivity contribution in [2.45, 2.75) is 24.8 Å². The minimum atomic E-state index is -1.02. The molecule has 0 radical (unpaired) electrons. The fourth-order valence-electron chi connectivity index (χ4n) is 4.36. The summed E-state index contributed by atoms with van der Waals surface area (Å²) >= 11 is 5.98. The SMILES string of the molecule is O=C(O)[C@@H]1[C@H]2CC[C@H]2c2cc(-c3c(-n4cnnn4)ccc(Cl)c3F)cc(=O)n21. The Morgan fingerprint density at radius 3 is 2.75 bits per heavy atom. The highest BCUT2D eigenvalue weighted by molar-refractivity contribution is 6.31. The van der Waals surface area contributed by atoms with Crippen LogP contribution in [0, 0.1) is 11.7 Å². The summed E-state index contributed by atoms with van der Waals surface area (Å²) in [6.07, 6.45) is 2.86. The topological polar surface area (TPSA) is 103 Å². The predicted molar refractivity (Wildman–Crippen MR) is 96.0 cm³/mol. The van der Waals surface area contributed by atoms with E-state index in [4.69, 9.17) is 11.6 Å². The van der Waals surface area contributed by atoms with Gasteiger partial charge in [-0.05, 0) is 52.9 Å². The van der Waals surface area contributed by atoms with Gasteiger partial charge in [0.15, 0.2) is 5.82 Å². The van der Waals surface area contributed by atoms with E-state index in [2.05, 4.69) is 15.5 Å². The minimum Gasteiger partial charge on any atom is -0.480 e. The first kappa shape index (κ1) is 17.1. The number of nitrogens with zero attached hydrogens (tertiary/aromatic N) is 5. The zero-order valence-corrected chi connectivity index (χ0v) is 15.0. The van der Waals surface area contributed by atoms with Crippen molar-refractivity contribution in [3.8, 4) is 16.8 Å². The Morgan fingerprint density at radius 1 is 1.29 bits per heavy atom. The molecule has 10 heteroatoms. The quantitative estimate of drug-likeness (QED) is 0.723. The molecule has 1 aliphatic carbocycles. The third-order valence-electron chi connectivity index (χ3n) is 5.70. The number of fused-ring (bicyclic) bond motifs is 3. The minimum absolute atomic E-state index is 0.0208. The van der Waals surface area contributed by atoms with Crippen molar-refractivity contribution in [2.75, 3.05) is 0 Å². The van der Waals surface area contributed by atoms with Gasteiger partial charge in [0.2, 0.25) is 0 Å². The van der Waals surface area contributed by atoms with Crippen molar-refractivity contribution in [2.24, 2.45) is 5.92 Å². The summed E-state index contributed by atoms with van der Waals surface area (Å²) in [5.74, 6) is -1.85. The van der Waals surface area contributed by atoms with E-state index in [-0.39, 0.29) is 22.4 Å². The second-order valence-electron chi connectivity index (χ2n) is 7.02. The van der Waals surface area contributed by atoms with Crippen molar-refractivity contribution in [1.82, 2.24) is 24.8 Å². The van der Waals surface area contributed by atoms with Gasteiger partial charge >= 0.3 is 5.97 Å². The Balaban J connectivity index is 1.76. The smallest absolute Gasteiger partial charge is 0.327 e. The van der Waals surface area contributed by atoms with E-state index in [1.54, 1.807) is 12.1 Å². The molecule has 1 aromatic carbocycles. The number of carbonyl (C=O) groups is 1. The number of aromatic nitrogens is 5. The Hall–Kier alpha value is -3.07. The molecule has 28 heavy (non-hydrogen) atoms. The maximum absolute atomic E-state index is 15.0. The maximum Gasteiger partial charge on any atom is 0.327 e. The molecule has 3 atom stereocenters. The second-order valence-corrected chi connectivity index (χ2v) is 7.42. The predicted octanol–water partition coefficient (Wildman–Crippen LogP) is 2.42. The number of rotatable bonds is 3. The number of hydrogen-bond acceptors (Lipinski definition) is 5. The van der Waals surface area contributed by atoms with E-state index in [9.17, 15) is 19.1 Å². The highest BCUT2D eigenvalue weighted by atomic mass is 35.5. The summed E-state index contributed by atoms with van der Waals surface area (Å²) in [6, 6.07) is 5.00. The van der Waals surface area contributed by atoms with Crippen LogP contribution in [0.4, 0.5) is 4.39 Å². The first-order chi connectivity index (χ1) is 13.5. The number of carboxylic acid groups (broad SMARTS) is 1. The van der Waals surface area contributed by atoms with E-state index in [0.29, 0.717) is 16.9 Å². The lowest BCUT2D eigenvalue weighted by atomic mass is 9.71. The van der Waals surface area contributed by atoms with Crippen molar-refractivity contribution in [3.05, 3.63) is 57.5 Å². The Labute approximate surface area is 162 Å². The molecule has 0 spiro atoms. The molecule has 0 amide bonds. The van der Waals surface area contributed by atoms with Crippen LogP contribution in [0.15, 0.2) is 35.4 Å². The largest absolute Gasteiger partial charge is 0.480 e. The van der Waals surface area contributed by atoms with Crippen LogP contribution in [0.3, 0.4) is 0 Å². The van der Waals surface area contributed by atoms with E-state index in [1.165, 1.54) is 27.7 Å². The van der Waals surface area contributed by atoms with Crippen LogP contribution in [0.2, 0.25) is 5.02 Å². The molecule has 8 nitrogen and oxygen atoms in total. The molecular formula is C18H13ClFN5O3. The van der Waals surface area contributed by atoms with Gasteiger partial charge < -0.3 is 5.11 Å². The molecule has 142 valence electrons. The number of aliphatic carboxylic acids is 1. The summed E-state index contributed by atoms with van der Waals surface area (Å²) in [5.41, 5.74) is 0.882. The molecular weight excluding hydrogens is 389 g/mol. The molecule has 0 unspecified atom stereocenters. The third kappa shape index (κ3) is 2.26. The molecule has 3 heterocycles. The van der Waals surface area contributed by atoms with Gasteiger partial charge in [0.1, 0.15) is 12.4 Å². The summed E-state index contributed by atoms with van der Waals surface area (Å²) < 4.78 is 17.6. The standard InChI is InChI=1S/C18H13ClFN5O3/c19-11-3-4-12(24-7-21-22-23-24)15(16(11)20)8-5-13-9-1-2-10(9)17(18(27)28)25(13)14(26)6-8/h3-7,9-10,17H,1-2H2,(H,27,28)/t9-,10+,17+/m1/s1. The third-order valence-corrected chi connectivity index (χ3v) is 5.99. The van der Waals surface area contributed by atoms with Crippen LogP contribution in [-0.4, -0.2) is 35.9 Å². The van der Waals surface area contributed by atoms with Crippen LogP contribution < -0.4 is 5.56 Å². The van der Waals surface area contributed by atoms with Gasteiger partial charge in [-0.2, -0.15) is 4.68 Å². The lowest BCUT2D eigenvalue weighted by Gasteiger charge is -2.31. The number of halogens is 2. The molecule has 0 bridgehead atoms. The highest BCUT2D eigenvalue weighted by Crippen LogP contribution is 2.54.